The molecule has 2 amide bonds. The smallest absolute Gasteiger partial charge is 0.315 e. The largest absolute Gasteiger partial charge is 0.508 e. The lowest BCUT2D eigenvalue weighted by Gasteiger charge is -2.30. The molecule has 0 saturated heterocycles. The molecular weight excluding hydrogens is 268 g/mol. The monoisotopic (exact) mass is 292 g/mol. The molecule has 0 bridgehead atoms. The number of nitrogens with one attached hydrogen (secondary N) is 2. The topological polar surface area (TPSA) is 81.6 Å². The number of benzene rings is 1. The van der Waals surface area contributed by atoms with E-state index in [0.717, 1.165) is 24.8 Å². The molecule has 5 heteroatoms. The van der Waals surface area contributed by atoms with Crippen molar-refractivity contribution in [3.05, 3.63) is 29.8 Å². The summed E-state index contributed by atoms with van der Waals surface area (Å²) in [5.74, 6) is 0.238. The molecule has 2 rings (SSSR count). The molecule has 2 unspecified atom stereocenters. The Bertz CT molecular complexity index is 492. The first kappa shape index (κ1) is 15.6. The first-order valence-corrected chi connectivity index (χ1v) is 7.47. The molecule has 1 aromatic rings. The second kappa shape index (κ2) is 6.80. The lowest BCUT2D eigenvalue weighted by molar-refractivity contribution is 0.121. The van der Waals surface area contributed by atoms with Crippen LogP contribution < -0.4 is 10.6 Å². The summed E-state index contributed by atoms with van der Waals surface area (Å²) in [6.45, 7) is 2.62. The van der Waals surface area contributed by atoms with E-state index in [1.807, 2.05) is 13.0 Å². The SMILES string of the molecule is CC1(CO)CCCC1NC(=O)NCCc1cccc(O)c1. The first-order valence-electron chi connectivity index (χ1n) is 7.47. The predicted molar refractivity (Wildman–Crippen MR) is 81.2 cm³/mol. The van der Waals surface area contributed by atoms with Gasteiger partial charge in [0.1, 0.15) is 5.75 Å². The van der Waals surface area contributed by atoms with Gasteiger partial charge in [-0.15, -0.1) is 0 Å². The van der Waals surface area contributed by atoms with E-state index in [1.54, 1.807) is 18.2 Å². The van der Waals surface area contributed by atoms with Crippen LogP contribution in [-0.4, -0.2) is 35.4 Å². The summed E-state index contributed by atoms with van der Waals surface area (Å²) in [6.07, 6.45) is 3.56. The number of hydrogen-bond acceptors (Lipinski definition) is 3. The third-order valence-electron chi connectivity index (χ3n) is 4.36. The Morgan fingerprint density at radius 3 is 3.00 bits per heavy atom. The zero-order valence-corrected chi connectivity index (χ0v) is 12.4. The zero-order valence-electron chi connectivity index (χ0n) is 12.4. The van der Waals surface area contributed by atoms with Gasteiger partial charge in [-0.3, -0.25) is 0 Å². The van der Waals surface area contributed by atoms with Crippen LogP contribution in [-0.2, 0) is 6.42 Å². The van der Waals surface area contributed by atoms with Crippen molar-refractivity contribution in [2.75, 3.05) is 13.2 Å². The molecule has 0 aromatic heterocycles. The molecule has 116 valence electrons. The van der Waals surface area contributed by atoms with Crippen LogP contribution in [0.2, 0.25) is 0 Å². The number of carbonyl (C=O) groups is 1. The Morgan fingerprint density at radius 2 is 2.29 bits per heavy atom. The van der Waals surface area contributed by atoms with Gasteiger partial charge in [0.15, 0.2) is 0 Å². The van der Waals surface area contributed by atoms with Crippen LogP contribution in [0.5, 0.6) is 5.75 Å². The highest BCUT2D eigenvalue weighted by Gasteiger charge is 2.38. The van der Waals surface area contributed by atoms with Crippen molar-refractivity contribution in [2.24, 2.45) is 5.41 Å². The van der Waals surface area contributed by atoms with Gasteiger partial charge < -0.3 is 20.8 Å². The van der Waals surface area contributed by atoms with Crippen LogP contribution in [0.15, 0.2) is 24.3 Å². The highest BCUT2D eigenvalue weighted by atomic mass is 16.3. The molecule has 1 aromatic carbocycles. The van der Waals surface area contributed by atoms with Crippen LogP contribution in [0.1, 0.15) is 31.7 Å². The van der Waals surface area contributed by atoms with Gasteiger partial charge in [0, 0.05) is 18.0 Å². The van der Waals surface area contributed by atoms with Crippen molar-refractivity contribution in [3.8, 4) is 5.75 Å². The Hall–Kier alpha value is -1.75. The average molecular weight is 292 g/mol. The van der Waals surface area contributed by atoms with Crippen LogP contribution in [0, 0.1) is 5.41 Å². The van der Waals surface area contributed by atoms with Gasteiger partial charge in [0.05, 0.1) is 6.61 Å². The molecule has 21 heavy (non-hydrogen) atoms. The highest BCUT2D eigenvalue weighted by Crippen LogP contribution is 2.37. The molecule has 0 radical (unpaired) electrons. The molecule has 0 heterocycles. The van der Waals surface area contributed by atoms with Gasteiger partial charge in [0.2, 0.25) is 0 Å². The third-order valence-corrected chi connectivity index (χ3v) is 4.36. The zero-order chi connectivity index (χ0) is 15.3. The number of phenols is 1. The lowest BCUT2D eigenvalue weighted by Crippen LogP contribution is -2.48. The van der Waals surface area contributed by atoms with Crippen molar-refractivity contribution in [3.63, 3.8) is 0 Å². The molecular formula is C16H24N2O3. The number of aromatic hydroxyl groups is 1. The second-order valence-electron chi connectivity index (χ2n) is 6.08. The summed E-state index contributed by atoms with van der Waals surface area (Å²) in [7, 11) is 0. The van der Waals surface area contributed by atoms with Crippen molar-refractivity contribution in [1.82, 2.24) is 10.6 Å². The average Bonchev–Trinajstić information content (AvgIpc) is 2.81. The maximum Gasteiger partial charge on any atom is 0.315 e. The molecule has 0 spiro atoms. The van der Waals surface area contributed by atoms with E-state index < -0.39 is 0 Å². The van der Waals surface area contributed by atoms with E-state index in [9.17, 15) is 15.0 Å². The minimum absolute atomic E-state index is 0.0308. The summed E-state index contributed by atoms with van der Waals surface area (Å²) < 4.78 is 0. The van der Waals surface area contributed by atoms with E-state index in [2.05, 4.69) is 10.6 Å². The number of urea groups is 1. The van der Waals surface area contributed by atoms with Crippen LogP contribution in [0.4, 0.5) is 4.79 Å². The number of aliphatic hydroxyl groups is 1. The van der Waals surface area contributed by atoms with Gasteiger partial charge in [0.25, 0.3) is 0 Å². The van der Waals surface area contributed by atoms with E-state index in [0.29, 0.717) is 13.0 Å². The molecule has 1 saturated carbocycles. The fourth-order valence-corrected chi connectivity index (χ4v) is 2.91. The number of carbonyl (C=O) groups excluding carboxylic acids is 1. The van der Waals surface area contributed by atoms with Crippen LogP contribution in [0.3, 0.4) is 0 Å². The Labute approximate surface area is 125 Å². The Morgan fingerprint density at radius 1 is 1.48 bits per heavy atom. The van der Waals surface area contributed by atoms with Gasteiger partial charge in [-0.05, 0) is 37.0 Å². The van der Waals surface area contributed by atoms with Crippen LogP contribution in [0.25, 0.3) is 0 Å². The fourth-order valence-electron chi connectivity index (χ4n) is 2.91. The standard InChI is InChI=1S/C16H24N2O3/c1-16(11-19)8-3-6-14(16)18-15(21)17-9-7-12-4-2-5-13(20)10-12/h2,4-5,10,14,19-20H,3,6-9,11H2,1H3,(H2,17,18,21). The number of rotatable bonds is 5. The normalized spacial score (nSPS) is 24.8. The van der Waals surface area contributed by atoms with Crippen molar-refractivity contribution in [1.29, 1.82) is 0 Å². The Kier molecular flexibility index (Phi) is 5.07. The summed E-state index contributed by atoms with van der Waals surface area (Å²) in [5.41, 5.74) is 0.777. The number of phenolic OH excluding ortho intramolecular Hbond substituents is 1. The number of amides is 2. The van der Waals surface area contributed by atoms with Gasteiger partial charge in [-0.1, -0.05) is 25.5 Å². The molecule has 4 N–H and O–H groups in total. The minimum atomic E-state index is -0.206. The minimum Gasteiger partial charge on any atom is -0.508 e. The Balaban J connectivity index is 1.75. The summed E-state index contributed by atoms with van der Waals surface area (Å²) >= 11 is 0. The summed E-state index contributed by atoms with van der Waals surface area (Å²) in [6, 6.07) is 6.86. The quantitative estimate of drug-likeness (QED) is 0.668. The lowest BCUT2D eigenvalue weighted by atomic mass is 9.86. The van der Waals surface area contributed by atoms with Crippen molar-refractivity contribution in [2.45, 2.75) is 38.6 Å². The summed E-state index contributed by atoms with van der Waals surface area (Å²) in [5, 5.41) is 24.6. The van der Waals surface area contributed by atoms with E-state index in [-0.39, 0.29) is 29.8 Å². The van der Waals surface area contributed by atoms with Crippen molar-refractivity contribution >= 4 is 6.03 Å². The molecule has 1 fully saturated rings. The van der Waals surface area contributed by atoms with Crippen molar-refractivity contribution < 1.29 is 15.0 Å². The maximum atomic E-state index is 11.9. The number of hydrogen-bond donors (Lipinski definition) is 4. The van der Waals surface area contributed by atoms with E-state index in [4.69, 9.17) is 0 Å². The van der Waals surface area contributed by atoms with E-state index in [1.165, 1.54) is 0 Å². The number of aliphatic hydroxyl groups excluding tert-OH is 1. The third kappa shape index (κ3) is 4.11. The molecule has 5 nitrogen and oxygen atoms in total. The molecule has 1 aliphatic rings. The predicted octanol–water partition coefficient (Wildman–Crippen LogP) is 1.78. The fraction of sp³-hybridized carbons (Fsp3) is 0.562. The maximum absolute atomic E-state index is 11.9. The second-order valence-corrected chi connectivity index (χ2v) is 6.08. The molecule has 0 aliphatic heterocycles. The van der Waals surface area contributed by atoms with Gasteiger partial charge in [-0.2, -0.15) is 0 Å². The van der Waals surface area contributed by atoms with Crippen LogP contribution >= 0.6 is 0 Å². The first-order chi connectivity index (χ1) is 10.0. The van der Waals surface area contributed by atoms with Gasteiger partial charge in [-0.25, -0.2) is 4.79 Å². The molecule has 1 aliphatic carbocycles. The van der Waals surface area contributed by atoms with Gasteiger partial charge >= 0.3 is 6.03 Å². The highest BCUT2D eigenvalue weighted by molar-refractivity contribution is 5.74. The molecule has 2 atom stereocenters. The van der Waals surface area contributed by atoms with E-state index >= 15 is 0 Å². The summed E-state index contributed by atoms with van der Waals surface area (Å²) in [4.78, 5) is 11.9.